The molecule has 1 aromatic heterocycles. The second-order valence-corrected chi connectivity index (χ2v) is 5.39. The van der Waals surface area contributed by atoms with E-state index in [2.05, 4.69) is 41.4 Å². The van der Waals surface area contributed by atoms with Crippen LogP contribution < -0.4 is 10.6 Å². The molecule has 0 radical (unpaired) electrons. The molecule has 0 aliphatic heterocycles. The Morgan fingerprint density at radius 1 is 1.19 bits per heavy atom. The first-order valence-electron chi connectivity index (χ1n) is 7.59. The molecule has 0 aromatic carbocycles. The van der Waals surface area contributed by atoms with Crippen molar-refractivity contribution in [2.24, 2.45) is 0 Å². The number of nitrogens with one attached hydrogen (secondary N) is 2. The number of aromatic nitrogens is 2. The first kappa shape index (κ1) is 17.7. The molecule has 0 aliphatic rings. The lowest BCUT2D eigenvalue weighted by molar-refractivity contribution is 0.0615. The van der Waals surface area contributed by atoms with E-state index in [0.717, 1.165) is 30.2 Å². The highest BCUT2D eigenvalue weighted by Gasteiger charge is 2.14. The van der Waals surface area contributed by atoms with E-state index in [1.807, 2.05) is 0 Å². The van der Waals surface area contributed by atoms with Gasteiger partial charge in [-0.15, -0.1) is 0 Å². The summed E-state index contributed by atoms with van der Waals surface area (Å²) in [5, 5.41) is 16.3. The summed E-state index contributed by atoms with van der Waals surface area (Å²) in [6, 6.07) is 0. The van der Waals surface area contributed by atoms with Gasteiger partial charge in [-0.2, -0.15) is 0 Å². The molecule has 1 aromatic rings. The normalized spacial score (nSPS) is 12.5. The van der Waals surface area contributed by atoms with Gasteiger partial charge in [-0.1, -0.05) is 20.8 Å². The van der Waals surface area contributed by atoms with E-state index in [4.69, 9.17) is 4.74 Å². The summed E-state index contributed by atoms with van der Waals surface area (Å²) in [7, 11) is 1.59. The zero-order valence-electron chi connectivity index (χ0n) is 13.5. The Morgan fingerprint density at radius 2 is 1.81 bits per heavy atom. The van der Waals surface area contributed by atoms with E-state index < -0.39 is 6.10 Å². The molecule has 0 saturated carbocycles. The molecule has 21 heavy (non-hydrogen) atoms. The fourth-order valence-corrected chi connectivity index (χ4v) is 2.10. The number of aliphatic hydroxyl groups is 1. The maximum Gasteiger partial charge on any atom is 0.134 e. The monoisotopic (exact) mass is 296 g/mol. The third-order valence-corrected chi connectivity index (χ3v) is 3.13. The van der Waals surface area contributed by atoms with Crippen molar-refractivity contribution in [3.8, 4) is 0 Å². The number of methoxy groups -OCH3 is 1. The van der Waals surface area contributed by atoms with Crippen molar-refractivity contribution < 1.29 is 9.84 Å². The van der Waals surface area contributed by atoms with Gasteiger partial charge in [0.1, 0.15) is 18.0 Å². The van der Waals surface area contributed by atoms with Crippen molar-refractivity contribution in [3.05, 3.63) is 11.9 Å². The fraction of sp³-hybridized carbons (Fsp3) is 0.733. The topological polar surface area (TPSA) is 79.3 Å². The van der Waals surface area contributed by atoms with Crippen molar-refractivity contribution in [2.45, 2.75) is 45.6 Å². The lowest BCUT2D eigenvalue weighted by Crippen LogP contribution is -2.19. The zero-order valence-corrected chi connectivity index (χ0v) is 13.5. The number of hydrogen-bond donors (Lipinski definition) is 3. The van der Waals surface area contributed by atoms with Gasteiger partial charge in [0.15, 0.2) is 0 Å². The van der Waals surface area contributed by atoms with Gasteiger partial charge in [0.05, 0.1) is 12.7 Å². The summed E-state index contributed by atoms with van der Waals surface area (Å²) >= 11 is 0. The molecule has 3 N–H and O–H groups in total. The maximum atomic E-state index is 9.67. The number of aliphatic hydroxyl groups excluding tert-OH is 1. The van der Waals surface area contributed by atoms with Gasteiger partial charge in [0.2, 0.25) is 0 Å². The number of rotatable bonds is 10. The smallest absolute Gasteiger partial charge is 0.134 e. The molecular formula is C15H28N4O2. The molecule has 0 amide bonds. The summed E-state index contributed by atoms with van der Waals surface area (Å²) in [6.45, 7) is 8.27. The van der Waals surface area contributed by atoms with E-state index in [9.17, 15) is 5.11 Å². The molecule has 6 nitrogen and oxygen atoms in total. The van der Waals surface area contributed by atoms with Crippen LogP contribution in [0.2, 0.25) is 0 Å². The average molecular weight is 296 g/mol. The number of ether oxygens (including phenoxy) is 1. The van der Waals surface area contributed by atoms with Gasteiger partial charge in [0.25, 0.3) is 0 Å². The minimum absolute atomic E-state index is 0.317. The van der Waals surface area contributed by atoms with E-state index >= 15 is 0 Å². The molecule has 1 atom stereocenters. The van der Waals surface area contributed by atoms with E-state index in [-0.39, 0.29) is 0 Å². The lowest BCUT2D eigenvalue weighted by Gasteiger charge is -2.18. The predicted molar refractivity (Wildman–Crippen MR) is 85.9 cm³/mol. The van der Waals surface area contributed by atoms with Gasteiger partial charge >= 0.3 is 0 Å². The Kier molecular flexibility index (Phi) is 8.00. The molecule has 0 aliphatic carbocycles. The minimum atomic E-state index is -0.454. The first-order valence-corrected chi connectivity index (χ1v) is 7.59. The summed E-state index contributed by atoms with van der Waals surface area (Å²) in [4.78, 5) is 8.68. The van der Waals surface area contributed by atoms with Crippen molar-refractivity contribution in [2.75, 3.05) is 37.4 Å². The molecule has 0 saturated heterocycles. The summed E-state index contributed by atoms with van der Waals surface area (Å²) in [6.07, 6.45) is 2.78. The second-order valence-electron chi connectivity index (χ2n) is 5.39. The summed E-state index contributed by atoms with van der Waals surface area (Å²) < 4.78 is 4.92. The number of nitrogens with zero attached hydrogens (tertiary/aromatic N) is 2. The third kappa shape index (κ3) is 5.85. The Labute approximate surface area is 127 Å². The summed E-state index contributed by atoms with van der Waals surface area (Å²) in [5.41, 5.74) is 1.09. The largest absolute Gasteiger partial charge is 0.391 e. The maximum absolute atomic E-state index is 9.67. The van der Waals surface area contributed by atoms with Gasteiger partial charge in [-0.3, -0.25) is 0 Å². The predicted octanol–water partition coefficient (Wildman–Crippen LogP) is 2.23. The highest BCUT2D eigenvalue weighted by atomic mass is 16.5. The van der Waals surface area contributed by atoms with Crippen LogP contribution in [0.1, 0.15) is 45.1 Å². The molecule has 0 bridgehead atoms. The Balaban J connectivity index is 2.71. The van der Waals surface area contributed by atoms with Crippen molar-refractivity contribution >= 4 is 11.6 Å². The first-order chi connectivity index (χ1) is 10.1. The Morgan fingerprint density at radius 3 is 2.33 bits per heavy atom. The SMILES string of the molecule is CCCNc1ncnc(NCCC(O)COC)c1C(C)C. The molecule has 120 valence electrons. The van der Waals surface area contributed by atoms with Crippen molar-refractivity contribution in [1.82, 2.24) is 9.97 Å². The van der Waals surface area contributed by atoms with Crippen LogP contribution in [0.5, 0.6) is 0 Å². The molecule has 1 heterocycles. The second kappa shape index (κ2) is 9.52. The lowest BCUT2D eigenvalue weighted by atomic mass is 10.0. The highest BCUT2D eigenvalue weighted by molar-refractivity contribution is 5.58. The van der Waals surface area contributed by atoms with Crippen LogP contribution in [0.25, 0.3) is 0 Å². The average Bonchev–Trinajstić information content (AvgIpc) is 2.45. The van der Waals surface area contributed by atoms with Crippen LogP contribution in [0.3, 0.4) is 0 Å². The molecular weight excluding hydrogens is 268 g/mol. The van der Waals surface area contributed by atoms with Crippen LogP contribution in [0.4, 0.5) is 11.6 Å². The van der Waals surface area contributed by atoms with Gasteiger partial charge in [0, 0.05) is 25.8 Å². The molecule has 0 fully saturated rings. The van der Waals surface area contributed by atoms with E-state index in [0.29, 0.717) is 25.5 Å². The van der Waals surface area contributed by atoms with Crippen LogP contribution in [0, 0.1) is 0 Å². The molecule has 1 rings (SSSR count). The van der Waals surface area contributed by atoms with Crippen molar-refractivity contribution in [3.63, 3.8) is 0 Å². The van der Waals surface area contributed by atoms with Crippen LogP contribution >= 0.6 is 0 Å². The minimum Gasteiger partial charge on any atom is -0.391 e. The number of anilines is 2. The Hall–Kier alpha value is -1.40. The van der Waals surface area contributed by atoms with Gasteiger partial charge < -0.3 is 20.5 Å². The Bertz CT molecular complexity index is 413. The highest BCUT2D eigenvalue weighted by Crippen LogP contribution is 2.28. The zero-order chi connectivity index (χ0) is 15.7. The van der Waals surface area contributed by atoms with E-state index in [1.54, 1.807) is 13.4 Å². The fourth-order valence-electron chi connectivity index (χ4n) is 2.10. The van der Waals surface area contributed by atoms with Crippen LogP contribution in [-0.4, -0.2) is 48.0 Å². The number of hydrogen-bond acceptors (Lipinski definition) is 6. The van der Waals surface area contributed by atoms with Crippen LogP contribution in [-0.2, 0) is 4.74 Å². The van der Waals surface area contributed by atoms with Crippen molar-refractivity contribution in [1.29, 1.82) is 0 Å². The molecule has 0 spiro atoms. The molecule has 6 heteroatoms. The third-order valence-electron chi connectivity index (χ3n) is 3.13. The standard InChI is InChI=1S/C15H28N4O2/c1-5-7-16-14-13(11(2)3)15(19-10-18-14)17-8-6-12(20)9-21-4/h10-12,20H,5-9H2,1-4H3,(H2,16,17,18,19). The van der Waals surface area contributed by atoms with Crippen LogP contribution in [0.15, 0.2) is 6.33 Å². The van der Waals surface area contributed by atoms with E-state index in [1.165, 1.54) is 0 Å². The van der Waals surface area contributed by atoms with Gasteiger partial charge in [-0.05, 0) is 18.8 Å². The summed E-state index contributed by atoms with van der Waals surface area (Å²) in [5.74, 6) is 2.04. The molecule has 1 unspecified atom stereocenters. The van der Waals surface area contributed by atoms with Gasteiger partial charge in [-0.25, -0.2) is 9.97 Å². The quantitative estimate of drug-likeness (QED) is 0.614.